The van der Waals surface area contributed by atoms with Crippen molar-refractivity contribution in [2.75, 3.05) is 43.3 Å². The Kier molecular flexibility index (Phi) is 6.40. The standard InChI is InChI=1S/C29H29N3O5/c33-28(32-23-8-4-5-9-25(23)35-18-24(32)20-6-2-1-3-7-20)17-31-14-12-21(13-15-31)29(34)30-22-10-11-26-27(16-22)37-19-36-26/h1-11,16,21,24H,12-15,17-19H2,(H,30,34)/t24-/m1/s1. The van der Waals surface area contributed by atoms with Crippen molar-refractivity contribution in [2.45, 2.75) is 18.9 Å². The number of anilines is 2. The third kappa shape index (κ3) is 4.84. The van der Waals surface area contributed by atoms with Crippen molar-refractivity contribution < 1.29 is 23.8 Å². The molecule has 1 N–H and O–H groups in total. The average molecular weight is 500 g/mol. The molecule has 190 valence electrons. The van der Waals surface area contributed by atoms with E-state index < -0.39 is 0 Å². The number of ether oxygens (including phenoxy) is 3. The molecule has 2 amide bonds. The second-order valence-corrected chi connectivity index (χ2v) is 9.58. The van der Waals surface area contributed by atoms with Crippen LogP contribution in [-0.2, 0) is 9.59 Å². The fraction of sp³-hybridized carbons (Fsp3) is 0.310. The summed E-state index contributed by atoms with van der Waals surface area (Å²) in [5.74, 6) is 1.99. The second kappa shape index (κ2) is 10.1. The fourth-order valence-corrected chi connectivity index (χ4v) is 5.26. The van der Waals surface area contributed by atoms with E-state index in [0.717, 1.165) is 17.0 Å². The van der Waals surface area contributed by atoms with Gasteiger partial charge in [0.25, 0.3) is 0 Å². The fourth-order valence-electron chi connectivity index (χ4n) is 5.26. The molecule has 0 aromatic heterocycles. The summed E-state index contributed by atoms with van der Waals surface area (Å²) in [4.78, 5) is 30.6. The predicted octanol–water partition coefficient (Wildman–Crippen LogP) is 4.23. The Bertz CT molecular complexity index is 1290. The van der Waals surface area contributed by atoms with Gasteiger partial charge in [-0.1, -0.05) is 42.5 Å². The minimum absolute atomic E-state index is 0.00362. The number of nitrogens with one attached hydrogen (secondary N) is 1. The van der Waals surface area contributed by atoms with Gasteiger partial charge in [-0.15, -0.1) is 0 Å². The highest BCUT2D eigenvalue weighted by molar-refractivity contribution is 5.97. The van der Waals surface area contributed by atoms with Crippen molar-refractivity contribution in [3.05, 3.63) is 78.4 Å². The van der Waals surface area contributed by atoms with Crippen LogP contribution in [0.2, 0.25) is 0 Å². The first-order valence-electron chi connectivity index (χ1n) is 12.7. The number of rotatable bonds is 5. The molecule has 6 rings (SSSR count). The summed E-state index contributed by atoms with van der Waals surface area (Å²) in [6.07, 6.45) is 1.40. The zero-order chi connectivity index (χ0) is 25.2. The van der Waals surface area contributed by atoms with Crippen molar-refractivity contribution >= 4 is 23.2 Å². The summed E-state index contributed by atoms with van der Waals surface area (Å²) in [5.41, 5.74) is 2.54. The molecule has 3 aliphatic rings. The van der Waals surface area contributed by atoms with Gasteiger partial charge in [0.15, 0.2) is 11.5 Å². The molecule has 3 aliphatic heterocycles. The smallest absolute Gasteiger partial charge is 0.241 e. The minimum atomic E-state index is -0.186. The molecule has 37 heavy (non-hydrogen) atoms. The summed E-state index contributed by atoms with van der Waals surface area (Å²) in [5, 5.41) is 3.00. The predicted molar refractivity (Wildman–Crippen MR) is 139 cm³/mol. The van der Waals surface area contributed by atoms with Gasteiger partial charge in [0.05, 0.1) is 18.3 Å². The highest BCUT2D eigenvalue weighted by Gasteiger charge is 2.35. The number of amides is 2. The van der Waals surface area contributed by atoms with E-state index in [2.05, 4.69) is 10.2 Å². The number of benzene rings is 3. The van der Waals surface area contributed by atoms with E-state index in [1.54, 1.807) is 12.1 Å². The lowest BCUT2D eigenvalue weighted by Crippen LogP contribution is -2.48. The number of para-hydroxylation sites is 2. The number of fused-ring (bicyclic) bond motifs is 2. The molecule has 0 radical (unpaired) electrons. The van der Waals surface area contributed by atoms with E-state index in [-0.39, 0.29) is 30.6 Å². The van der Waals surface area contributed by atoms with E-state index >= 15 is 0 Å². The molecule has 3 aromatic rings. The second-order valence-electron chi connectivity index (χ2n) is 9.58. The van der Waals surface area contributed by atoms with Gasteiger partial charge in [-0.3, -0.25) is 19.4 Å². The molecule has 8 heteroatoms. The van der Waals surface area contributed by atoms with Gasteiger partial charge in [0.2, 0.25) is 18.6 Å². The number of piperidine rings is 1. The van der Waals surface area contributed by atoms with Gasteiger partial charge in [-0.05, 0) is 55.8 Å². The number of hydrogen-bond acceptors (Lipinski definition) is 6. The molecule has 1 fully saturated rings. The van der Waals surface area contributed by atoms with Crippen molar-refractivity contribution in [2.24, 2.45) is 5.92 Å². The SMILES string of the molecule is O=C(Nc1ccc2c(c1)OCO2)C1CCN(CC(=O)N2c3ccccc3OC[C@@H]2c2ccccc2)CC1. The molecule has 0 spiro atoms. The van der Waals surface area contributed by atoms with Gasteiger partial charge >= 0.3 is 0 Å². The van der Waals surface area contributed by atoms with Gasteiger partial charge in [-0.2, -0.15) is 0 Å². The molecule has 0 unspecified atom stereocenters. The maximum atomic E-state index is 13.7. The molecule has 8 nitrogen and oxygen atoms in total. The molecule has 1 atom stereocenters. The number of hydrogen-bond donors (Lipinski definition) is 1. The molecule has 1 saturated heterocycles. The Morgan fingerprint density at radius 1 is 0.838 bits per heavy atom. The van der Waals surface area contributed by atoms with Gasteiger partial charge in [0.1, 0.15) is 12.4 Å². The zero-order valence-corrected chi connectivity index (χ0v) is 20.5. The lowest BCUT2D eigenvalue weighted by atomic mass is 9.95. The Balaban J connectivity index is 1.09. The summed E-state index contributed by atoms with van der Waals surface area (Å²) >= 11 is 0. The Morgan fingerprint density at radius 2 is 1.59 bits per heavy atom. The molecular formula is C29H29N3O5. The van der Waals surface area contributed by atoms with Crippen LogP contribution >= 0.6 is 0 Å². The van der Waals surface area contributed by atoms with Crippen LogP contribution in [0.4, 0.5) is 11.4 Å². The Morgan fingerprint density at radius 3 is 2.43 bits per heavy atom. The third-order valence-electron chi connectivity index (χ3n) is 7.24. The maximum absolute atomic E-state index is 13.7. The number of carbonyl (C=O) groups is 2. The van der Waals surface area contributed by atoms with Crippen LogP contribution in [0.1, 0.15) is 24.4 Å². The highest BCUT2D eigenvalue weighted by Crippen LogP contribution is 2.39. The van der Waals surface area contributed by atoms with Crippen LogP contribution in [-0.4, -0.2) is 49.7 Å². The van der Waals surface area contributed by atoms with E-state index in [1.807, 2.05) is 65.6 Å². The van der Waals surface area contributed by atoms with Crippen LogP contribution in [0, 0.1) is 5.92 Å². The topological polar surface area (TPSA) is 80.3 Å². The van der Waals surface area contributed by atoms with Gasteiger partial charge in [0, 0.05) is 17.7 Å². The number of nitrogens with zero attached hydrogens (tertiary/aromatic N) is 2. The van der Waals surface area contributed by atoms with E-state index in [4.69, 9.17) is 14.2 Å². The van der Waals surface area contributed by atoms with Crippen LogP contribution in [0.25, 0.3) is 0 Å². The third-order valence-corrected chi connectivity index (χ3v) is 7.24. The molecule has 0 saturated carbocycles. The Hall–Kier alpha value is -4.04. The first kappa shape index (κ1) is 23.4. The van der Waals surface area contributed by atoms with Crippen LogP contribution in [0.5, 0.6) is 17.2 Å². The van der Waals surface area contributed by atoms with E-state index in [0.29, 0.717) is 56.3 Å². The summed E-state index contributed by atoms with van der Waals surface area (Å²) < 4.78 is 16.7. The number of likely N-dealkylation sites (tertiary alicyclic amines) is 1. The Labute approximate surface area is 215 Å². The van der Waals surface area contributed by atoms with Crippen molar-refractivity contribution in [1.82, 2.24) is 4.90 Å². The molecular weight excluding hydrogens is 470 g/mol. The summed E-state index contributed by atoms with van der Waals surface area (Å²) in [6.45, 7) is 2.29. The normalized spacial score (nSPS) is 19.1. The van der Waals surface area contributed by atoms with Gasteiger partial charge in [-0.25, -0.2) is 0 Å². The largest absolute Gasteiger partial charge is 0.489 e. The summed E-state index contributed by atoms with van der Waals surface area (Å²) in [6, 6.07) is 22.9. The monoisotopic (exact) mass is 499 g/mol. The number of carbonyl (C=O) groups excluding carboxylic acids is 2. The molecule has 3 aromatic carbocycles. The first-order valence-corrected chi connectivity index (χ1v) is 12.7. The van der Waals surface area contributed by atoms with Crippen LogP contribution in [0.3, 0.4) is 0 Å². The average Bonchev–Trinajstić information content (AvgIpc) is 3.41. The van der Waals surface area contributed by atoms with E-state index in [9.17, 15) is 9.59 Å². The molecule has 0 bridgehead atoms. The van der Waals surface area contributed by atoms with Crippen LogP contribution in [0.15, 0.2) is 72.8 Å². The molecule has 3 heterocycles. The quantitative estimate of drug-likeness (QED) is 0.566. The molecule has 0 aliphatic carbocycles. The van der Waals surface area contributed by atoms with Crippen molar-refractivity contribution in [1.29, 1.82) is 0 Å². The minimum Gasteiger partial charge on any atom is -0.489 e. The summed E-state index contributed by atoms with van der Waals surface area (Å²) in [7, 11) is 0. The van der Waals surface area contributed by atoms with Gasteiger partial charge < -0.3 is 19.5 Å². The van der Waals surface area contributed by atoms with Crippen molar-refractivity contribution in [3.8, 4) is 17.2 Å². The maximum Gasteiger partial charge on any atom is 0.241 e. The lowest BCUT2D eigenvalue weighted by molar-refractivity contribution is -0.122. The lowest BCUT2D eigenvalue weighted by Gasteiger charge is -2.39. The van der Waals surface area contributed by atoms with Crippen LogP contribution < -0.4 is 24.4 Å². The van der Waals surface area contributed by atoms with Crippen molar-refractivity contribution in [3.63, 3.8) is 0 Å². The zero-order valence-electron chi connectivity index (χ0n) is 20.5. The highest BCUT2D eigenvalue weighted by atomic mass is 16.7. The van der Waals surface area contributed by atoms with E-state index in [1.165, 1.54) is 0 Å². The first-order chi connectivity index (χ1) is 18.2.